The Kier molecular flexibility index (Phi) is 31.5. The van der Waals surface area contributed by atoms with Crippen molar-refractivity contribution in [3.8, 4) is 5.75 Å². The molecule has 0 aromatic heterocycles. The number of aliphatic hydroxyl groups excluding tert-OH is 1. The van der Waals surface area contributed by atoms with Gasteiger partial charge in [0, 0.05) is 44.4 Å². The zero-order valence-electron chi connectivity index (χ0n) is 57.2. The van der Waals surface area contributed by atoms with Crippen LogP contribution in [0.2, 0.25) is 0 Å². The molecule has 1 heterocycles. The number of benzene rings is 4. The standard InChI is InChI=1S/C72H95N11O17S/c1-5-7-27-50(64(92)79-55(39-84)68(96)77-52(63(73)91)34-44-28-30-49(86)31-29-44)76-69(97)57-36-47-25-17-18-26-48(47)38-83(57)72(100)56(40-101)80-66(94)53(35-43-19-11-8-12-20-43)78-70(98)61(41(3)6-2)81-71(99)62(60(45-21-13-9-14-22-45)46-23-15-10-16-24-46)82-65(93)51(32-33-58(87)88)75-67(95)54(37-59(89)90)74-42(4)85/h9-10,13-18,21-26,28-31,41,43,50-57,60-62,84,86,101H,5-8,11-12,19-20,27,32-40H2,1-4H3,(H2,73,91)(H,74,85)(H,75,95)(H,76,97)(H,77,96)(H,78,98)(H,79,92)(H,80,94)(H,81,99)(H,82,93)(H,87,88)(H,89,90). The Balaban J connectivity index is 1.28. The number of aliphatic carboxylic acids is 2. The number of aromatic hydroxyl groups is 1. The maximum atomic E-state index is 15.5. The summed E-state index contributed by atoms with van der Waals surface area (Å²) in [6.45, 7) is 5.31. The summed E-state index contributed by atoms with van der Waals surface area (Å²) in [7, 11) is 0. The monoisotopic (exact) mass is 1420 g/mol. The number of phenolic OH excluding ortho intramolecular Hbond substituents is 1. The average molecular weight is 1420 g/mol. The number of hydrogen-bond acceptors (Lipinski definition) is 16. The van der Waals surface area contributed by atoms with Crippen molar-refractivity contribution < 1.29 is 82.8 Å². The molecule has 4 aromatic carbocycles. The minimum atomic E-state index is -1.73. The van der Waals surface area contributed by atoms with Crippen LogP contribution in [-0.2, 0) is 81.7 Å². The molecule has 0 bridgehead atoms. The van der Waals surface area contributed by atoms with Crippen LogP contribution in [0.15, 0.2) is 109 Å². The van der Waals surface area contributed by atoms with Crippen LogP contribution in [-0.4, -0.2) is 175 Å². The molecule has 28 nitrogen and oxygen atoms in total. The summed E-state index contributed by atoms with van der Waals surface area (Å²) in [5, 5.41) is 63.1. The van der Waals surface area contributed by atoms with Crippen LogP contribution in [0.5, 0.6) is 5.75 Å². The molecule has 11 atom stereocenters. The van der Waals surface area contributed by atoms with E-state index in [1.54, 1.807) is 98.8 Å². The molecule has 29 heteroatoms. The van der Waals surface area contributed by atoms with E-state index in [0.717, 1.165) is 26.2 Å². The molecule has 11 unspecified atom stereocenters. The molecule has 546 valence electrons. The van der Waals surface area contributed by atoms with Gasteiger partial charge >= 0.3 is 11.9 Å². The summed E-state index contributed by atoms with van der Waals surface area (Å²) >= 11 is 4.55. The largest absolute Gasteiger partial charge is 0.508 e. The predicted molar refractivity (Wildman–Crippen MR) is 373 cm³/mol. The number of unbranched alkanes of at least 4 members (excludes halogenated alkanes) is 1. The number of aliphatic hydroxyl groups is 1. The van der Waals surface area contributed by atoms with Crippen LogP contribution in [0.25, 0.3) is 0 Å². The molecule has 1 aliphatic carbocycles. The highest BCUT2D eigenvalue weighted by atomic mass is 32.1. The minimum Gasteiger partial charge on any atom is -0.508 e. The maximum absolute atomic E-state index is 15.5. The molecule has 11 amide bonds. The van der Waals surface area contributed by atoms with Gasteiger partial charge in [0.15, 0.2) is 0 Å². The molecule has 15 N–H and O–H groups in total. The molecule has 101 heavy (non-hydrogen) atoms. The number of carboxylic acids is 2. The van der Waals surface area contributed by atoms with E-state index in [1.165, 1.54) is 29.2 Å². The van der Waals surface area contributed by atoms with E-state index in [4.69, 9.17) is 5.73 Å². The van der Waals surface area contributed by atoms with Crippen molar-refractivity contribution in [3.05, 3.63) is 137 Å². The van der Waals surface area contributed by atoms with Crippen molar-refractivity contribution in [1.29, 1.82) is 0 Å². The highest BCUT2D eigenvalue weighted by Gasteiger charge is 2.43. The van der Waals surface area contributed by atoms with E-state index in [1.807, 2.05) is 6.92 Å². The number of primary amides is 1. The van der Waals surface area contributed by atoms with E-state index in [-0.39, 0.29) is 56.1 Å². The first-order chi connectivity index (χ1) is 48.2. The lowest BCUT2D eigenvalue weighted by Crippen LogP contribution is -2.63. The molecule has 2 aliphatic rings. The van der Waals surface area contributed by atoms with Crippen molar-refractivity contribution in [3.63, 3.8) is 0 Å². The Morgan fingerprint density at radius 2 is 1.08 bits per heavy atom. The predicted octanol–water partition coefficient (Wildman–Crippen LogP) is 2.06. The normalized spacial score (nSPS) is 16.6. The third-order valence-electron chi connectivity index (χ3n) is 18.3. The van der Waals surface area contributed by atoms with E-state index < -0.39 is 175 Å². The fourth-order valence-electron chi connectivity index (χ4n) is 12.5. The lowest BCUT2D eigenvalue weighted by Gasteiger charge is -2.38. The first-order valence-corrected chi connectivity index (χ1v) is 34.8. The fourth-order valence-corrected chi connectivity index (χ4v) is 12.8. The number of nitrogens with zero attached hydrogens (tertiary/aromatic N) is 1. The molecule has 0 spiro atoms. The van der Waals surface area contributed by atoms with Crippen molar-refractivity contribution >= 4 is 89.5 Å². The van der Waals surface area contributed by atoms with E-state index in [0.29, 0.717) is 53.5 Å². The second-order valence-corrected chi connectivity index (χ2v) is 26.1. The Hall–Kier alpha value is -9.90. The smallest absolute Gasteiger partial charge is 0.305 e. The first-order valence-electron chi connectivity index (χ1n) is 34.2. The van der Waals surface area contributed by atoms with Gasteiger partial charge in [0.05, 0.1) is 13.0 Å². The highest BCUT2D eigenvalue weighted by molar-refractivity contribution is 7.80. The molecule has 6 rings (SSSR count). The average Bonchev–Trinajstić information content (AvgIpc) is 0.795. The van der Waals surface area contributed by atoms with Gasteiger partial charge in [-0.25, -0.2) is 0 Å². The number of carbonyl (C=O) groups excluding carboxylic acids is 11. The Morgan fingerprint density at radius 3 is 1.64 bits per heavy atom. The lowest BCUT2D eigenvalue weighted by atomic mass is 9.83. The summed E-state index contributed by atoms with van der Waals surface area (Å²) in [4.78, 5) is 182. The number of carboxylic acid groups (broad SMARTS) is 2. The zero-order chi connectivity index (χ0) is 73.9. The van der Waals surface area contributed by atoms with Crippen LogP contribution in [0.3, 0.4) is 0 Å². The quantitative estimate of drug-likeness (QED) is 0.0286. The fraction of sp³-hybridized carbons (Fsp3) is 0.486. The third-order valence-corrected chi connectivity index (χ3v) is 18.6. The van der Waals surface area contributed by atoms with Crippen LogP contribution >= 0.6 is 12.6 Å². The van der Waals surface area contributed by atoms with Crippen LogP contribution < -0.4 is 53.6 Å². The number of nitrogens with two attached hydrogens (primary N) is 1. The Labute approximate surface area is 592 Å². The van der Waals surface area contributed by atoms with Crippen molar-refractivity contribution in [2.24, 2.45) is 17.6 Å². The minimum absolute atomic E-state index is 0.0314. The van der Waals surface area contributed by atoms with Crippen LogP contribution in [0.4, 0.5) is 0 Å². The van der Waals surface area contributed by atoms with Gasteiger partial charge in [-0.05, 0) is 71.0 Å². The van der Waals surface area contributed by atoms with E-state index >= 15 is 19.2 Å². The SMILES string of the molecule is CCCCC(NC(=O)C1Cc2ccccc2CN1C(=O)C(CS)NC(=O)C(CC1CCCCC1)NC(=O)C(NC(=O)C(NC(=O)C(CCC(=O)O)NC(=O)C(CC(=O)O)NC(C)=O)C(c1ccccc1)c1ccccc1)C(C)CC)C(=O)NC(CO)C(=O)NC(Cc1ccc(O)cc1)C(N)=O. The van der Waals surface area contributed by atoms with E-state index in [2.05, 4.69) is 60.5 Å². The van der Waals surface area contributed by atoms with Gasteiger partial charge in [0.2, 0.25) is 65.0 Å². The van der Waals surface area contributed by atoms with Crippen LogP contribution in [0.1, 0.15) is 145 Å². The summed E-state index contributed by atoms with van der Waals surface area (Å²) in [6, 6.07) is 15.2. The summed E-state index contributed by atoms with van der Waals surface area (Å²) in [5.74, 6) is -14.7. The highest BCUT2D eigenvalue weighted by Crippen LogP contribution is 2.31. The zero-order valence-corrected chi connectivity index (χ0v) is 58.1. The Morgan fingerprint density at radius 1 is 0.564 bits per heavy atom. The molecular formula is C72H95N11O17S. The molecule has 1 aliphatic heterocycles. The second-order valence-electron chi connectivity index (χ2n) is 25.8. The second kappa shape index (κ2) is 39.8. The molecular weight excluding hydrogens is 1320 g/mol. The van der Waals surface area contributed by atoms with Gasteiger partial charge in [0.25, 0.3) is 0 Å². The molecule has 0 radical (unpaired) electrons. The van der Waals surface area contributed by atoms with Gasteiger partial charge in [0.1, 0.15) is 66.2 Å². The summed E-state index contributed by atoms with van der Waals surface area (Å²) < 4.78 is 0. The first kappa shape index (κ1) is 80.1. The summed E-state index contributed by atoms with van der Waals surface area (Å²) in [6.07, 6.45) is 3.17. The Bertz CT molecular complexity index is 3470. The molecule has 1 fully saturated rings. The van der Waals surface area contributed by atoms with Gasteiger partial charge < -0.3 is 78.9 Å². The summed E-state index contributed by atoms with van der Waals surface area (Å²) in [5.41, 5.74) is 8.55. The van der Waals surface area contributed by atoms with Crippen molar-refractivity contribution in [1.82, 2.24) is 52.8 Å². The number of fused-ring (bicyclic) bond motifs is 1. The van der Waals surface area contributed by atoms with Gasteiger partial charge in [-0.15, -0.1) is 0 Å². The molecule has 1 saturated carbocycles. The maximum Gasteiger partial charge on any atom is 0.305 e. The number of rotatable bonds is 38. The topological polar surface area (TPSA) is 440 Å². The number of carbonyl (C=O) groups is 13. The number of amides is 11. The number of hydrogen-bond donors (Lipinski definition) is 15. The van der Waals surface area contributed by atoms with Crippen molar-refractivity contribution in [2.45, 2.75) is 197 Å². The molecule has 0 saturated heterocycles. The van der Waals surface area contributed by atoms with E-state index in [9.17, 15) is 63.6 Å². The molecule has 4 aromatic rings. The lowest BCUT2D eigenvalue weighted by molar-refractivity contribution is -0.145. The third kappa shape index (κ3) is 24.2. The van der Waals surface area contributed by atoms with Gasteiger partial charge in [-0.1, -0.05) is 169 Å². The van der Waals surface area contributed by atoms with Crippen molar-refractivity contribution in [2.75, 3.05) is 12.4 Å². The number of thiol groups is 1. The number of nitrogens with one attached hydrogen (secondary N) is 9. The van der Waals surface area contributed by atoms with Crippen LogP contribution in [0, 0.1) is 11.8 Å². The van der Waals surface area contributed by atoms with Gasteiger partial charge in [-0.3, -0.25) is 62.3 Å². The van der Waals surface area contributed by atoms with Gasteiger partial charge in [-0.2, -0.15) is 12.6 Å². The number of phenols is 1.